The van der Waals surface area contributed by atoms with Crippen molar-refractivity contribution < 1.29 is 9.90 Å². The van der Waals surface area contributed by atoms with Gasteiger partial charge in [-0.15, -0.1) is 0 Å². The third-order valence-corrected chi connectivity index (χ3v) is 4.11. The van der Waals surface area contributed by atoms with Crippen molar-refractivity contribution in [2.24, 2.45) is 0 Å². The number of hydrogen-bond acceptors (Lipinski definition) is 4. The van der Waals surface area contributed by atoms with Crippen LogP contribution in [0.4, 0.5) is 9.80 Å². The van der Waals surface area contributed by atoms with Crippen molar-refractivity contribution in [1.82, 2.24) is 9.69 Å². The van der Waals surface area contributed by atoms with Crippen LogP contribution >= 0.6 is 11.5 Å². The predicted molar refractivity (Wildman–Crippen MR) is 77.8 cm³/mol. The smallest absolute Gasteiger partial charge is 0.320 e. The van der Waals surface area contributed by atoms with Gasteiger partial charge in [-0.05, 0) is 41.6 Å². The topological polar surface area (TPSA) is 74.2 Å². The van der Waals surface area contributed by atoms with Crippen molar-refractivity contribution in [2.45, 2.75) is 25.0 Å². The molecule has 0 saturated carbocycles. The fraction of sp³-hybridized carbons (Fsp3) is 0.286. The largest absolute Gasteiger partial charge is 0.391 e. The van der Waals surface area contributed by atoms with Crippen molar-refractivity contribution in [1.29, 1.82) is 0 Å². The van der Waals surface area contributed by atoms with Crippen molar-refractivity contribution in [2.75, 3.05) is 5.32 Å². The molecule has 3 rings (SSSR count). The van der Waals surface area contributed by atoms with Crippen LogP contribution in [0.1, 0.15) is 23.6 Å². The Morgan fingerprint density at radius 2 is 2.20 bits per heavy atom. The molecule has 0 radical (unpaired) electrons. The highest BCUT2D eigenvalue weighted by molar-refractivity contribution is 7.10. The van der Waals surface area contributed by atoms with Crippen molar-refractivity contribution >= 4 is 22.6 Å². The summed E-state index contributed by atoms with van der Waals surface area (Å²) in [5, 5.41) is 16.4. The van der Waals surface area contributed by atoms with E-state index in [2.05, 4.69) is 15.0 Å². The lowest BCUT2D eigenvalue weighted by atomic mass is 9.86. The first-order valence-corrected chi connectivity index (χ1v) is 7.25. The number of urea groups is 1. The second-order valence-electron chi connectivity index (χ2n) is 4.76. The molecule has 0 unspecified atom stereocenters. The number of fused-ring (bicyclic) bond motifs is 1. The number of rotatable bonds is 2. The summed E-state index contributed by atoms with van der Waals surface area (Å²) >= 11 is 1.22. The highest BCUT2D eigenvalue weighted by atomic mass is 32.1. The average Bonchev–Trinajstić information content (AvgIpc) is 2.95. The number of aliphatic hydroxyl groups excluding tert-OH is 1. The summed E-state index contributed by atoms with van der Waals surface area (Å²) in [5.41, 5.74) is 2.17. The molecule has 2 amide bonds. The molecule has 2 aromatic rings. The van der Waals surface area contributed by atoms with E-state index >= 15 is 0 Å². The molecule has 0 spiro atoms. The summed E-state index contributed by atoms with van der Waals surface area (Å²) in [7, 11) is 0. The summed E-state index contributed by atoms with van der Waals surface area (Å²) in [5.74, 6) is 0. The molecule has 104 valence electrons. The van der Waals surface area contributed by atoms with Gasteiger partial charge in [0, 0.05) is 6.20 Å². The number of nitrogens with zero attached hydrogens (tertiary/aromatic N) is 1. The van der Waals surface area contributed by atoms with E-state index in [-0.39, 0.29) is 12.1 Å². The van der Waals surface area contributed by atoms with Gasteiger partial charge in [0.05, 0.1) is 12.1 Å². The van der Waals surface area contributed by atoms with Gasteiger partial charge in [0.25, 0.3) is 0 Å². The van der Waals surface area contributed by atoms with Gasteiger partial charge >= 0.3 is 6.03 Å². The van der Waals surface area contributed by atoms with Gasteiger partial charge in [-0.1, -0.05) is 24.3 Å². The van der Waals surface area contributed by atoms with E-state index in [0.717, 1.165) is 12.0 Å². The van der Waals surface area contributed by atoms with Crippen LogP contribution in [0.25, 0.3) is 0 Å². The molecule has 20 heavy (non-hydrogen) atoms. The van der Waals surface area contributed by atoms with Crippen molar-refractivity contribution in [3.63, 3.8) is 0 Å². The molecular formula is C14H15N3O2S. The SMILES string of the molecule is O=C(Nc1ccns1)N[C@H]1c2ccccc2CC[C@H]1O. The van der Waals surface area contributed by atoms with Crippen molar-refractivity contribution in [3.8, 4) is 0 Å². The number of carbonyl (C=O) groups is 1. The third kappa shape index (κ3) is 2.66. The number of nitrogens with one attached hydrogen (secondary N) is 2. The van der Waals surface area contributed by atoms with Crippen LogP contribution in [-0.4, -0.2) is 21.6 Å². The van der Waals surface area contributed by atoms with E-state index in [1.807, 2.05) is 24.3 Å². The molecule has 0 fully saturated rings. The highest BCUT2D eigenvalue weighted by Gasteiger charge is 2.29. The number of aryl methyl sites for hydroxylation is 1. The maximum atomic E-state index is 12.0. The van der Waals surface area contributed by atoms with E-state index in [0.29, 0.717) is 11.4 Å². The fourth-order valence-corrected chi connectivity index (χ4v) is 2.98. The van der Waals surface area contributed by atoms with Crippen LogP contribution in [0.2, 0.25) is 0 Å². The number of aromatic nitrogens is 1. The Balaban J connectivity index is 1.74. The van der Waals surface area contributed by atoms with Crippen molar-refractivity contribution in [3.05, 3.63) is 47.7 Å². The molecule has 0 saturated heterocycles. The van der Waals surface area contributed by atoms with Crippen LogP contribution in [0.15, 0.2) is 36.5 Å². The van der Waals surface area contributed by atoms with Crippen LogP contribution in [-0.2, 0) is 6.42 Å². The van der Waals surface area contributed by atoms with Gasteiger partial charge < -0.3 is 10.4 Å². The Bertz CT molecular complexity index is 600. The monoisotopic (exact) mass is 289 g/mol. The van der Waals surface area contributed by atoms with E-state index in [1.54, 1.807) is 12.3 Å². The number of anilines is 1. The molecule has 5 nitrogen and oxygen atoms in total. The minimum atomic E-state index is -0.558. The Morgan fingerprint density at radius 3 is 3.00 bits per heavy atom. The zero-order valence-electron chi connectivity index (χ0n) is 10.7. The summed E-state index contributed by atoms with van der Waals surface area (Å²) < 4.78 is 3.92. The average molecular weight is 289 g/mol. The Labute approximate surface area is 120 Å². The number of aliphatic hydroxyl groups is 1. The standard InChI is InChI=1S/C14H15N3O2S/c18-11-6-5-9-3-1-2-4-10(9)13(11)17-14(19)16-12-7-8-15-20-12/h1-4,7-8,11,13,18H,5-6H2,(H2,16,17,19)/t11-,13+/m1/s1. The van der Waals surface area contributed by atoms with Crippen LogP contribution in [0.5, 0.6) is 0 Å². The first-order chi connectivity index (χ1) is 9.74. The molecule has 3 N–H and O–H groups in total. The lowest BCUT2D eigenvalue weighted by Crippen LogP contribution is -2.41. The van der Waals surface area contributed by atoms with Crippen LogP contribution in [0.3, 0.4) is 0 Å². The van der Waals surface area contributed by atoms with Gasteiger partial charge in [0.15, 0.2) is 0 Å². The third-order valence-electron chi connectivity index (χ3n) is 3.45. The fourth-order valence-electron chi connectivity index (χ4n) is 2.49. The maximum absolute atomic E-state index is 12.0. The molecule has 1 aliphatic rings. The van der Waals surface area contributed by atoms with E-state index in [4.69, 9.17) is 0 Å². The molecule has 0 aliphatic heterocycles. The Morgan fingerprint density at radius 1 is 1.35 bits per heavy atom. The summed E-state index contributed by atoms with van der Waals surface area (Å²) in [6.45, 7) is 0. The molecule has 1 aromatic heterocycles. The number of amides is 2. The van der Waals surface area contributed by atoms with Gasteiger partial charge in [-0.3, -0.25) is 5.32 Å². The number of benzene rings is 1. The van der Waals surface area contributed by atoms with Gasteiger partial charge in [0.2, 0.25) is 0 Å². The molecule has 1 heterocycles. The molecule has 1 aromatic carbocycles. The zero-order chi connectivity index (χ0) is 13.9. The maximum Gasteiger partial charge on any atom is 0.320 e. The first-order valence-electron chi connectivity index (χ1n) is 6.48. The summed E-state index contributed by atoms with van der Waals surface area (Å²) in [6, 6.07) is 8.93. The minimum absolute atomic E-state index is 0.324. The predicted octanol–water partition coefficient (Wildman–Crippen LogP) is 2.31. The second kappa shape index (κ2) is 5.60. The summed E-state index contributed by atoms with van der Waals surface area (Å²) in [6.07, 6.45) is 2.57. The van der Waals surface area contributed by atoms with Crippen LogP contribution in [0, 0.1) is 0 Å². The van der Waals surface area contributed by atoms with Crippen LogP contribution < -0.4 is 10.6 Å². The van der Waals surface area contributed by atoms with E-state index < -0.39 is 6.10 Å². The highest BCUT2D eigenvalue weighted by Crippen LogP contribution is 2.30. The quantitative estimate of drug-likeness (QED) is 0.794. The molecular weight excluding hydrogens is 274 g/mol. The lowest BCUT2D eigenvalue weighted by molar-refractivity contribution is 0.115. The normalized spacial score (nSPS) is 21.1. The number of hydrogen-bond donors (Lipinski definition) is 3. The molecule has 2 atom stereocenters. The molecule has 6 heteroatoms. The van der Waals surface area contributed by atoms with Gasteiger partial charge in [0.1, 0.15) is 5.00 Å². The number of carbonyl (C=O) groups excluding carboxylic acids is 1. The first kappa shape index (κ1) is 13.1. The second-order valence-corrected chi connectivity index (χ2v) is 5.59. The lowest BCUT2D eigenvalue weighted by Gasteiger charge is -2.30. The zero-order valence-corrected chi connectivity index (χ0v) is 11.6. The van der Waals surface area contributed by atoms with E-state index in [1.165, 1.54) is 17.1 Å². The summed E-state index contributed by atoms with van der Waals surface area (Å²) in [4.78, 5) is 12.0. The molecule has 0 bridgehead atoms. The molecule has 1 aliphatic carbocycles. The van der Waals surface area contributed by atoms with Gasteiger partial charge in [-0.25, -0.2) is 4.79 Å². The Hall–Kier alpha value is -1.92. The van der Waals surface area contributed by atoms with E-state index in [9.17, 15) is 9.90 Å². The van der Waals surface area contributed by atoms with Gasteiger partial charge in [-0.2, -0.15) is 4.37 Å². The Kier molecular flexibility index (Phi) is 3.66. The minimum Gasteiger partial charge on any atom is -0.391 e.